The van der Waals surface area contributed by atoms with E-state index in [-0.39, 0.29) is 30.1 Å². The summed E-state index contributed by atoms with van der Waals surface area (Å²) in [4.78, 5) is 14.3. The highest BCUT2D eigenvalue weighted by Crippen LogP contribution is 2.31. The number of benzene rings is 2. The van der Waals surface area contributed by atoms with Crippen LogP contribution in [0.15, 0.2) is 36.5 Å². The number of halogens is 5. The van der Waals surface area contributed by atoms with Crippen LogP contribution < -0.4 is 0 Å². The molecule has 9 heteroatoms. The fourth-order valence-electron chi connectivity index (χ4n) is 3.65. The first-order chi connectivity index (χ1) is 14.2. The molecule has 0 saturated heterocycles. The molecule has 30 heavy (non-hydrogen) atoms. The molecule has 1 aromatic heterocycles. The molecule has 4 rings (SSSR count). The maximum absolute atomic E-state index is 14.3. The molecule has 0 saturated carbocycles. The smallest absolute Gasteiger partial charge is 0.227 e. The first kappa shape index (κ1) is 20.1. The largest absolute Gasteiger partial charge is 0.332 e. The Kier molecular flexibility index (Phi) is 5.05. The molecular weight excluding hydrogens is 405 g/mol. The second kappa shape index (κ2) is 7.55. The third kappa shape index (κ3) is 3.55. The number of hydrogen-bond acceptors (Lipinski definition) is 2. The van der Waals surface area contributed by atoms with Gasteiger partial charge in [0.25, 0.3) is 0 Å². The number of aromatic nitrogens is 2. The number of nitrogens with zero attached hydrogens (tertiary/aromatic N) is 3. The first-order valence-electron chi connectivity index (χ1n) is 9.17. The Hall–Kier alpha value is -3.23. The summed E-state index contributed by atoms with van der Waals surface area (Å²) < 4.78 is 69.2. The van der Waals surface area contributed by atoms with Crippen molar-refractivity contribution in [3.05, 3.63) is 76.9 Å². The van der Waals surface area contributed by atoms with E-state index in [9.17, 15) is 26.7 Å². The average Bonchev–Trinajstić information content (AvgIpc) is 3.07. The van der Waals surface area contributed by atoms with Crippen LogP contribution in [0.2, 0.25) is 0 Å². The molecule has 1 amide bonds. The Labute approximate surface area is 168 Å². The van der Waals surface area contributed by atoms with Gasteiger partial charge in [0.1, 0.15) is 11.6 Å². The molecule has 4 nitrogen and oxygen atoms in total. The van der Waals surface area contributed by atoms with Crippen LogP contribution in [0, 0.1) is 29.1 Å². The van der Waals surface area contributed by atoms with E-state index in [2.05, 4.69) is 5.10 Å². The molecule has 1 atom stereocenters. The first-order valence-corrected chi connectivity index (χ1v) is 9.17. The molecule has 156 valence electrons. The van der Waals surface area contributed by atoms with Gasteiger partial charge in [0, 0.05) is 23.2 Å². The molecule has 2 aromatic carbocycles. The molecule has 0 aliphatic carbocycles. The van der Waals surface area contributed by atoms with Crippen molar-refractivity contribution in [1.29, 1.82) is 0 Å². The topological polar surface area (TPSA) is 38.1 Å². The lowest BCUT2D eigenvalue weighted by Crippen LogP contribution is -2.45. The Morgan fingerprint density at radius 1 is 1.03 bits per heavy atom. The van der Waals surface area contributed by atoms with Gasteiger partial charge in [-0.25, -0.2) is 22.0 Å². The van der Waals surface area contributed by atoms with Crippen molar-refractivity contribution in [2.45, 2.75) is 32.5 Å². The SMILES string of the molecule is CC1Cn2ncc(-c3ccc(F)cc3F)c2CN1C(=O)Cc1cc(F)c(F)c(F)c1. The number of carbonyl (C=O) groups excluding carboxylic acids is 1. The zero-order valence-corrected chi connectivity index (χ0v) is 15.8. The molecule has 1 unspecified atom stereocenters. The Morgan fingerprint density at radius 2 is 1.73 bits per heavy atom. The minimum Gasteiger partial charge on any atom is -0.332 e. The quantitative estimate of drug-likeness (QED) is 0.469. The van der Waals surface area contributed by atoms with Crippen LogP contribution >= 0.6 is 0 Å². The van der Waals surface area contributed by atoms with E-state index in [1.54, 1.807) is 11.6 Å². The molecule has 2 heterocycles. The van der Waals surface area contributed by atoms with E-state index < -0.39 is 35.0 Å². The maximum atomic E-state index is 14.3. The van der Waals surface area contributed by atoms with Crippen molar-refractivity contribution < 1.29 is 26.7 Å². The summed E-state index contributed by atoms with van der Waals surface area (Å²) in [5.74, 6) is -6.20. The minimum absolute atomic E-state index is 0.00693. The second-order valence-corrected chi connectivity index (χ2v) is 7.23. The molecular formula is C21H16F5N3O. The Morgan fingerprint density at radius 3 is 2.40 bits per heavy atom. The average molecular weight is 421 g/mol. The third-order valence-corrected chi connectivity index (χ3v) is 5.18. The van der Waals surface area contributed by atoms with E-state index in [1.807, 2.05) is 0 Å². The van der Waals surface area contributed by atoms with Crippen molar-refractivity contribution in [3.63, 3.8) is 0 Å². The van der Waals surface area contributed by atoms with Crippen molar-refractivity contribution in [1.82, 2.24) is 14.7 Å². The zero-order valence-electron chi connectivity index (χ0n) is 15.8. The molecule has 1 aliphatic rings. The maximum Gasteiger partial charge on any atom is 0.227 e. The van der Waals surface area contributed by atoms with Gasteiger partial charge < -0.3 is 4.90 Å². The van der Waals surface area contributed by atoms with E-state index in [0.29, 0.717) is 17.8 Å². The Bertz CT molecular complexity index is 1120. The van der Waals surface area contributed by atoms with Gasteiger partial charge >= 0.3 is 0 Å². The van der Waals surface area contributed by atoms with Crippen LogP contribution in [0.25, 0.3) is 11.1 Å². The highest BCUT2D eigenvalue weighted by Gasteiger charge is 2.30. The van der Waals surface area contributed by atoms with Gasteiger partial charge in [-0.2, -0.15) is 5.10 Å². The number of hydrogen-bond donors (Lipinski definition) is 0. The van der Waals surface area contributed by atoms with Gasteiger partial charge in [0.15, 0.2) is 17.5 Å². The van der Waals surface area contributed by atoms with Crippen LogP contribution in [0.4, 0.5) is 22.0 Å². The number of rotatable bonds is 3. The summed E-state index contributed by atoms with van der Waals surface area (Å²) in [7, 11) is 0. The fraction of sp³-hybridized carbons (Fsp3) is 0.238. The zero-order chi connectivity index (χ0) is 21.6. The van der Waals surface area contributed by atoms with Gasteiger partial charge in [-0.3, -0.25) is 9.48 Å². The third-order valence-electron chi connectivity index (χ3n) is 5.18. The van der Waals surface area contributed by atoms with E-state index in [1.165, 1.54) is 17.2 Å². The minimum atomic E-state index is -1.59. The lowest BCUT2D eigenvalue weighted by molar-refractivity contribution is -0.134. The highest BCUT2D eigenvalue weighted by molar-refractivity contribution is 5.79. The van der Waals surface area contributed by atoms with E-state index >= 15 is 0 Å². The van der Waals surface area contributed by atoms with Gasteiger partial charge in [0.2, 0.25) is 5.91 Å². The highest BCUT2D eigenvalue weighted by atomic mass is 19.2. The lowest BCUT2D eigenvalue weighted by atomic mass is 10.0. The second-order valence-electron chi connectivity index (χ2n) is 7.23. The summed E-state index contributed by atoms with van der Waals surface area (Å²) in [6.07, 6.45) is 1.13. The van der Waals surface area contributed by atoms with Crippen LogP contribution in [-0.4, -0.2) is 26.6 Å². The summed E-state index contributed by atoms with van der Waals surface area (Å²) in [5, 5.41) is 4.24. The summed E-state index contributed by atoms with van der Waals surface area (Å²) in [6.45, 7) is 2.20. The summed E-state index contributed by atoms with van der Waals surface area (Å²) in [5.41, 5.74) is 1.15. The molecule has 0 spiro atoms. The number of fused-ring (bicyclic) bond motifs is 1. The summed E-state index contributed by atoms with van der Waals surface area (Å²) in [6, 6.07) is 4.49. The predicted molar refractivity (Wildman–Crippen MR) is 97.6 cm³/mol. The van der Waals surface area contributed by atoms with Gasteiger partial charge in [0.05, 0.1) is 31.4 Å². The van der Waals surface area contributed by atoms with Crippen molar-refractivity contribution >= 4 is 5.91 Å². The van der Waals surface area contributed by atoms with Gasteiger partial charge in [-0.1, -0.05) is 0 Å². The molecule has 0 fully saturated rings. The van der Waals surface area contributed by atoms with Crippen molar-refractivity contribution in [3.8, 4) is 11.1 Å². The van der Waals surface area contributed by atoms with Crippen molar-refractivity contribution in [2.24, 2.45) is 0 Å². The Balaban J connectivity index is 1.61. The van der Waals surface area contributed by atoms with Crippen LogP contribution in [0.1, 0.15) is 18.2 Å². The summed E-state index contributed by atoms with van der Waals surface area (Å²) >= 11 is 0. The lowest BCUT2D eigenvalue weighted by Gasteiger charge is -2.34. The molecule has 3 aromatic rings. The fourth-order valence-corrected chi connectivity index (χ4v) is 3.65. The van der Waals surface area contributed by atoms with Crippen molar-refractivity contribution in [2.75, 3.05) is 0 Å². The molecule has 0 bridgehead atoms. The van der Waals surface area contributed by atoms with E-state index in [0.717, 1.165) is 24.3 Å². The number of carbonyl (C=O) groups is 1. The van der Waals surface area contributed by atoms with Gasteiger partial charge in [-0.15, -0.1) is 0 Å². The van der Waals surface area contributed by atoms with Crippen LogP contribution in [0.3, 0.4) is 0 Å². The molecule has 0 N–H and O–H groups in total. The monoisotopic (exact) mass is 421 g/mol. The van der Waals surface area contributed by atoms with Gasteiger partial charge in [-0.05, 0) is 36.8 Å². The molecule has 1 aliphatic heterocycles. The number of amides is 1. The van der Waals surface area contributed by atoms with Crippen LogP contribution in [-0.2, 0) is 24.3 Å². The standard InChI is InChI=1S/C21H16F5N3O/c1-11-9-29-19(15(8-27-29)14-3-2-13(22)7-16(14)23)10-28(11)20(30)6-12-4-17(24)21(26)18(25)5-12/h2-5,7-8,11H,6,9-10H2,1H3. The molecule has 0 radical (unpaired) electrons. The normalized spacial score (nSPS) is 15.9. The van der Waals surface area contributed by atoms with Crippen LogP contribution in [0.5, 0.6) is 0 Å². The predicted octanol–water partition coefficient (Wildman–Crippen LogP) is 4.22. The van der Waals surface area contributed by atoms with E-state index in [4.69, 9.17) is 0 Å².